The fourth-order valence-electron chi connectivity index (χ4n) is 3.55. The van der Waals surface area contributed by atoms with E-state index in [1.165, 1.54) is 11.8 Å². The number of aromatic amines is 1. The van der Waals surface area contributed by atoms with E-state index in [2.05, 4.69) is 26.6 Å². The van der Waals surface area contributed by atoms with Gasteiger partial charge in [0.2, 0.25) is 11.1 Å². The lowest BCUT2D eigenvalue weighted by molar-refractivity contribution is -0.115. The van der Waals surface area contributed by atoms with E-state index in [4.69, 9.17) is 16.3 Å². The Balaban J connectivity index is 1.62. The van der Waals surface area contributed by atoms with Crippen LogP contribution in [-0.4, -0.2) is 28.2 Å². The first-order valence-electron chi connectivity index (χ1n) is 10.3. The Hall–Kier alpha value is -3.29. The summed E-state index contributed by atoms with van der Waals surface area (Å²) < 4.78 is 5.42. The first-order valence-corrected chi connectivity index (χ1v) is 11.6. The number of halogens is 1. The largest absolute Gasteiger partial charge is 0.496 e. The van der Waals surface area contributed by atoms with Crippen LogP contribution in [0.1, 0.15) is 21.9 Å². The van der Waals surface area contributed by atoms with E-state index in [0.717, 1.165) is 22.4 Å². The predicted molar refractivity (Wildman–Crippen MR) is 133 cm³/mol. The molecule has 0 radical (unpaired) electrons. The highest BCUT2D eigenvalue weighted by Gasteiger charge is 2.25. The number of hydrogen-bond donors (Lipinski definition) is 2. The molecule has 1 aromatic heterocycles. The van der Waals surface area contributed by atoms with Crippen LogP contribution in [0.4, 0.5) is 5.69 Å². The highest BCUT2D eigenvalue weighted by molar-refractivity contribution is 8.00. The maximum absolute atomic E-state index is 13.3. The van der Waals surface area contributed by atoms with Crippen LogP contribution in [0, 0.1) is 13.8 Å². The number of benzene rings is 3. The van der Waals surface area contributed by atoms with E-state index >= 15 is 0 Å². The molecule has 0 aliphatic carbocycles. The lowest BCUT2D eigenvalue weighted by Crippen LogP contribution is -2.19. The van der Waals surface area contributed by atoms with Crippen molar-refractivity contribution in [2.24, 2.45) is 0 Å². The molecule has 0 aliphatic rings. The number of carbonyl (C=O) groups excluding carboxylic acids is 1. The third kappa shape index (κ3) is 5.56. The smallest absolute Gasteiger partial charge is 0.242 e. The molecule has 1 atom stereocenters. The van der Waals surface area contributed by atoms with E-state index in [1.807, 2.05) is 56.3 Å². The summed E-state index contributed by atoms with van der Waals surface area (Å²) in [5.74, 6) is 0.987. The van der Waals surface area contributed by atoms with Gasteiger partial charge >= 0.3 is 0 Å². The van der Waals surface area contributed by atoms with E-state index in [-0.39, 0.29) is 5.91 Å². The number of aromatic nitrogens is 3. The summed E-state index contributed by atoms with van der Waals surface area (Å²) in [7, 11) is 1.58. The monoisotopic (exact) mass is 478 g/mol. The summed E-state index contributed by atoms with van der Waals surface area (Å²) in [6, 6.07) is 20.8. The standard InChI is InChI=1S/C25H23ClN4O2S/c1-15-11-16(2)13-19(12-15)27-24(31)22(17-7-5-4-6-8-17)33-25-28-23(29-30-25)20-14-18(26)9-10-21(20)32-3/h4-14,22H,1-3H3,(H,27,31)(H,28,29,30). The summed E-state index contributed by atoms with van der Waals surface area (Å²) in [5, 5.41) is 10.8. The van der Waals surface area contributed by atoms with Crippen molar-refractivity contribution in [1.82, 2.24) is 15.2 Å². The Kier molecular flexibility index (Phi) is 7.01. The van der Waals surface area contributed by atoms with E-state index in [1.54, 1.807) is 25.3 Å². The van der Waals surface area contributed by atoms with Crippen LogP contribution in [0.3, 0.4) is 0 Å². The minimum Gasteiger partial charge on any atom is -0.496 e. The number of anilines is 1. The molecule has 1 heterocycles. The number of H-pyrrole nitrogens is 1. The quantitative estimate of drug-likeness (QED) is 0.308. The molecule has 1 amide bonds. The molecule has 4 aromatic rings. The Bertz CT molecular complexity index is 1260. The molecule has 1 unspecified atom stereocenters. The van der Waals surface area contributed by atoms with Crippen LogP contribution in [-0.2, 0) is 4.79 Å². The van der Waals surface area contributed by atoms with E-state index < -0.39 is 5.25 Å². The van der Waals surface area contributed by atoms with Crippen molar-refractivity contribution < 1.29 is 9.53 Å². The molecule has 0 saturated heterocycles. The topological polar surface area (TPSA) is 79.9 Å². The molecule has 33 heavy (non-hydrogen) atoms. The fourth-order valence-corrected chi connectivity index (χ4v) is 4.63. The van der Waals surface area contributed by atoms with Crippen LogP contribution >= 0.6 is 23.4 Å². The molecule has 8 heteroatoms. The number of hydrogen-bond acceptors (Lipinski definition) is 5. The zero-order valence-corrected chi connectivity index (χ0v) is 20.0. The second-order valence-electron chi connectivity index (χ2n) is 7.59. The SMILES string of the molecule is COc1ccc(Cl)cc1-c1nc(SC(C(=O)Nc2cc(C)cc(C)c2)c2ccccc2)n[nH]1. The summed E-state index contributed by atoms with van der Waals surface area (Å²) in [5.41, 5.74) is 4.49. The van der Waals surface area contributed by atoms with Gasteiger partial charge in [-0.05, 0) is 60.9 Å². The van der Waals surface area contributed by atoms with Crippen LogP contribution in [0.15, 0.2) is 71.9 Å². The molecule has 0 bridgehead atoms. The first kappa shape index (κ1) is 22.9. The van der Waals surface area contributed by atoms with Crippen LogP contribution < -0.4 is 10.1 Å². The predicted octanol–water partition coefficient (Wildman–Crippen LogP) is 6.22. The zero-order chi connectivity index (χ0) is 23.4. The number of thioether (sulfide) groups is 1. The molecule has 0 aliphatic heterocycles. The zero-order valence-electron chi connectivity index (χ0n) is 18.4. The van der Waals surface area contributed by atoms with Crippen molar-refractivity contribution in [2.45, 2.75) is 24.3 Å². The molecular weight excluding hydrogens is 456 g/mol. The Morgan fingerprint density at radius 1 is 1.06 bits per heavy atom. The maximum atomic E-state index is 13.3. The van der Waals surface area contributed by atoms with Gasteiger partial charge in [0.15, 0.2) is 5.82 Å². The first-order chi connectivity index (χ1) is 15.9. The summed E-state index contributed by atoms with van der Waals surface area (Å²) in [6.07, 6.45) is 0. The van der Waals surface area contributed by atoms with Gasteiger partial charge in [0.25, 0.3) is 0 Å². The second-order valence-corrected chi connectivity index (χ2v) is 9.09. The van der Waals surface area contributed by atoms with Gasteiger partial charge in [0, 0.05) is 10.7 Å². The van der Waals surface area contributed by atoms with E-state index in [9.17, 15) is 4.79 Å². The average molecular weight is 479 g/mol. The van der Waals surface area contributed by atoms with Crippen LogP contribution in [0.2, 0.25) is 5.02 Å². The number of ether oxygens (including phenoxy) is 1. The lowest BCUT2D eigenvalue weighted by atomic mass is 10.1. The Morgan fingerprint density at radius 3 is 2.48 bits per heavy atom. The Labute approximate surface area is 201 Å². The van der Waals surface area contributed by atoms with Crippen molar-refractivity contribution >= 4 is 35.0 Å². The summed E-state index contributed by atoms with van der Waals surface area (Å²) >= 11 is 7.43. The third-order valence-corrected chi connectivity index (χ3v) is 6.28. The summed E-state index contributed by atoms with van der Waals surface area (Å²) in [6.45, 7) is 4.01. The highest BCUT2D eigenvalue weighted by atomic mass is 35.5. The summed E-state index contributed by atoms with van der Waals surface area (Å²) in [4.78, 5) is 17.9. The molecule has 0 spiro atoms. The Morgan fingerprint density at radius 2 is 1.79 bits per heavy atom. The van der Waals surface area contributed by atoms with Gasteiger partial charge in [-0.3, -0.25) is 9.89 Å². The molecule has 0 fully saturated rings. The van der Waals surface area contributed by atoms with Crippen molar-refractivity contribution in [3.8, 4) is 17.1 Å². The molecule has 2 N–H and O–H groups in total. The van der Waals surface area contributed by atoms with Gasteiger partial charge in [0.05, 0.1) is 12.7 Å². The van der Waals surface area contributed by atoms with Gasteiger partial charge < -0.3 is 10.1 Å². The number of nitrogens with one attached hydrogen (secondary N) is 2. The molecule has 6 nitrogen and oxygen atoms in total. The van der Waals surface area contributed by atoms with E-state index in [0.29, 0.717) is 27.3 Å². The minimum atomic E-state index is -0.545. The molecule has 168 valence electrons. The van der Waals surface area contributed by atoms with Gasteiger partial charge in [-0.15, -0.1) is 5.10 Å². The van der Waals surface area contributed by atoms with Crippen molar-refractivity contribution in [3.63, 3.8) is 0 Å². The van der Waals surface area contributed by atoms with Crippen molar-refractivity contribution in [1.29, 1.82) is 0 Å². The van der Waals surface area contributed by atoms with Crippen LogP contribution in [0.5, 0.6) is 5.75 Å². The number of amides is 1. The molecular formula is C25H23ClN4O2S. The number of carbonyl (C=O) groups is 1. The number of methoxy groups -OCH3 is 1. The second kappa shape index (κ2) is 10.1. The average Bonchev–Trinajstić information content (AvgIpc) is 3.26. The fraction of sp³-hybridized carbons (Fsp3) is 0.160. The normalized spacial score (nSPS) is 11.8. The van der Waals surface area contributed by atoms with Gasteiger partial charge in [-0.2, -0.15) is 0 Å². The maximum Gasteiger partial charge on any atom is 0.242 e. The third-order valence-electron chi connectivity index (χ3n) is 4.93. The number of nitrogens with zero attached hydrogens (tertiary/aromatic N) is 2. The van der Waals surface area contributed by atoms with Gasteiger partial charge in [0.1, 0.15) is 11.0 Å². The molecule has 0 saturated carbocycles. The molecule has 3 aromatic carbocycles. The lowest BCUT2D eigenvalue weighted by Gasteiger charge is -2.16. The van der Waals surface area contributed by atoms with Gasteiger partial charge in [-0.25, -0.2) is 4.98 Å². The minimum absolute atomic E-state index is 0.150. The van der Waals surface area contributed by atoms with Crippen LogP contribution in [0.25, 0.3) is 11.4 Å². The van der Waals surface area contributed by atoms with Gasteiger partial charge in [-0.1, -0.05) is 59.8 Å². The number of aryl methyl sites for hydroxylation is 2. The number of rotatable bonds is 7. The molecule has 4 rings (SSSR count). The highest BCUT2D eigenvalue weighted by Crippen LogP contribution is 2.37. The van der Waals surface area contributed by atoms with Crippen molar-refractivity contribution in [2.75, 3.05) is 12.4 Å². The van der Waals surface area contributed by atoms with Crippen molar-refractivity contribution in [3.05, 3.63) is 88.4 Å².